The van der Waals surface area contributed by atoms with E-state index in [0.717, 1.165) is 31.6 Å². The third kappa shape index (κ3) is 4.85. The number of piperidine rings is 1. The van der Waals surface area contributed by atoms with Crippen molar-refractivity contribution >= 4 is 43.2 Å². The number of nitrogens with zero attached hydrogens (tertiary/aromatic N) is 4. The number of amides is 3. The van der Waals surface area contributed by atoms with E-state index in [1.807, 2.05) is 60.4 Å². The maximum absolute atomic E-state index is 16.3. The van der Waals surface area contributed by atoms with Gasteiger partial charge in [0.1, 0.15) is 5.54 Å². The zero-order chi connectivity index (χ0) is 33.3. The van der Waals surface area contributed by atoms with Crippen LogP contribution in [0.3, 0.4) is 0 Å². The molecular weight excluding hydrogens is 617 g/mol. The van der Waals surface area contributed by atoms with Gasteiger partial charge in [0.2, 0.25) is 14.3 Å². The smallest absolute Gasteiger partial charge is 0.264 e. The number of rotatable bonds is 6. The van der Waals surface area contributed by atoms with Crippen LogP contribution in [-0.4, -0.2) is 93.8 Å². The summed E-state index contributed by atoms with van der Waals surface area (Å²) in [5.41, 5.74) is 0.146. The molecule has 0 aromatic heterocycles. The number of para-hydroxylation sites is 1. The summed E-state index contributed by atoms with van der Waals surface area (Å²) in [5, 5.41) is 13.2. The molecule has 5 heterocycles. The van der Waals surface area contributed by atoms with Crippen LogP contribution < -0.4 is 20.0 Å². The molecule has 2 N–H and O–H groups in total. The van der Waals surface area contributed by atoms with Gasteiger partial charge in [0.05, 0.1) is 37.5 Å². The molecule has 2 aromatic carbocycles. The number of carbonyl (C=O) groups excluding carboxylic acids is 3. The Bertz CT molecular complexity index is 1570. The van der Waals surface area contributed by atoms with Crippen molar-refractivity contribution in [2.45, 2.75) is 80.9 Å². The lowest BCUT2D eigenvalue weighted by Crippen LogP contribution is -2.55. The molecule has 0 aliphatic carbocycles. The van der Waals surface area contributed by atoms with Crippen molar-refractivity contribution in [3.8, 4) is 0 Å². The first-order chi connectivity index (χ1) is 22.4. The van der Waals surface area contributed by atoms with Crippen molar-refractivity contribution in [1.29, 1.82) is 0 Å². The Balaban J connectivity index is 1.27. The normalized spacial score (nSPS) is 30.3. The van der Waals surface area contributed by atoms with Crippen molar-refractivity contribution in [2.75, 3.05) is 54.7 Å². The van der Waals surface area contributed by atoms with Crippen molar-refractivity contribution in [2.24, 2.45) is 5.92 Å². The highest BCUT2D eigenvalue weighted by molar-refractivity contribution is 6.72. The highest BCUT2D eigenvalue weighted by Crippen LogP contribution is 2.60. The highest BCUT2D eigenvalue weighted by atomic mass is 28.4. The molecule has 7 rings (SSSR count). The second kappa shape index (κ2) is 11.7. The van der Waals surface area contributed by atoms with Crippen molar-refractivity contribution in [1.82, 2.24) is 10.2 Å². The maximum atomic E-state index is 16.3. The van der Waals surface area contributed by atoms with Crippen LogP contribution in [0.2, 0.25) is 18.6 Å². The van der Waals surface area contributed by atoms with Crippen LogP contribution in [-0.2, 0) is 24.7 Å². The van der Waals surface area contributed by atoms with Gasteiger partial charge in [0, 0.05) is 42.0 Å². The van der Waals surface area contributed by atoms with Crippen LogP contribution in [0, 0.1) is 5.92 Å². The maximum Gasteiger partial charge on any atom is 0.264 e. The third-order valence-electron chi connectivity index (χ3n) is 11.6. The van der Waals surface area contributed by atoms with Gasteiger partial charge in [0.25, 0.3) is 11.8 Å². The molecule has 5 atom stereocenters. The molecule has 12 heteroatoms. The van der Waals surface area contributed by atoms with E-state index in [0.29, 0.717) is 43.0 Å². The van der Waals surface area contributed by atoms with Gasteiger partial charge in [-0.2, -0.15) is 0 Å². The molecule has 0 unspecified atom stereocenters. The molecule has 5 aliphatic rings. The third-order valence-corrected chi connectivity index (χ3v) is 14.1. The van der Waals surface area contributed by atoms with E-state index in [1.165, 1.54) is 0 Å². The molecule has 2 spiro atoms. The van der Waals surface area contributed by atoms with Gasteiger partial charge in [-0.15, -0.1) is 0 Å². The van der Waals surface area contributed by atoms with Gasteiger partial charge in [-0.25, -0.2) is 0 Å². The minimum absolute atomic E-state index is 0.0256. The lowest BCUT2D eigenvalue weighted by molar-refractivity contribution is -0.149. The van der Waals surface area contributed by atoms with Crippen LogP contribution >= 0.6 is 0 Å². The molecule has 4 saturated heterocycles. The molecule has 0 bridgehead atoms. The molecule has 0 saturated carbocycles. The molecule has 252 valence electrons. The first-order valence-electron chi connectivity index (χ1n) is 17.0. The van der Waals surface area contributed by atoms with Crippen molar-refractivity contribution < 1.29 is 28.3 Å². The summed E-state index contributed by atoms with van der Waals surface area (Å²) >= 11 is 0. The van der Waals surface area contributed by atoms with Gasteiger partial charge >= 0.3 is 0 Å². The summed E-state index contributed by atoms with van der Waals surface area (Å²) in [6.45, 7) is 7.41. The number of benzene rings is 2. The zero-order valence-electron chi connectivity index (χ0n) is 27.7. The molecule has 10 nitrogen and oxygen atoms in total. The van der Waals surface area contributed by atoms with Gasteiger partial charge in [0.15, 0.2) is 5.60 Å². The first-order valence-corrected chi connectivity index (χ1v) is 19.9. The van der Waals surface area contributed by atoms with E-state index < -0.39 is 37.1 Å². The minimum Gasteiger partial charge on any atom is -0.394 e. The van der Waals surface area contributed by atoms with Crippen LogP contribution in [0.1, 0.15) is 44.6 Å². The number of likely N-dealkylation sites (tertiary alicyclic amines) is 1. The monoisotopic (exact) mass is 663 g/mol. The lowest BCUT2D eigenvalue weighted by Gasteiger charge is -2.39. The fraction of sp³-hybridized carbons (Fsp3) is 0.571. The summed E-state index contributed by atoms with van der Waals surface area (Å²) in [4.78, 5) is 49.6. The fourth-order valence-electron chi connectivity index (χ4n) is 9.32. The van der Waals surface area contributed by atoms with E-state index in [9.17, 15) is 19.5 Å². The number of fused-ring (bicyclic) bond motifs is 2. The number of hydrogen-bond donors (Lipinski definition) is 2. The number of aliphatic hydroxyl groups is 1. The molecule has 4 fully saturated rings. The molecule has 3 amide bonds. The van der Waals surface area contributed by atoms with E-state index in [4.69, 9.17) is 4.74 Å². The molecule has 0 radical (unpaired) electrons. The van der Waals surface area contributed by atoms with E-state index in [2.05, 4.69) is 10.2 Å². The Morgan fingerprint density at radius 1 is 1.09 bits per heavy atom. The highest BCUT2D eigenvalue weighted by Gasteiger charge is 2.67. The number of likely N-dealkylation sites (N-methyl/N-ethyl adjacent to an activating group) is 1. The zero-order valence-corrected chi connectivity index (χ0v) is 28.7. The molecule has 47 heavy (non-hydrogen) atoms. The SMILES string of the molecule is C[C@@H]1[C@@H]([Si](C)(C)F)[C@H](CC(=O)N2CCC[C@H]2CO)O[C@@]12C(=O)N(C)c1ccc(N3CN(c4ccccc4)C4(CCNCC4)C3=O)cc12. The van der Waals surface area contributed by atoms with Crippen LogP contribution in [0.5, 0.6) is 0 Å². The quantitative estimate of drug-likeness (QED) is 0.359. The van der Waals surface area contributed by atoms with Gasteiger partial charge in [-0.05, 0) is 82.2 Å². The Kier molecular flexibility index (Phi) is 8.01. The van der Waals surface area contributed by atoms with Crippen LogP contribution in [0.4, 0.5) is 21.2 Å². The number of ether oxygens (including phenoxy) is 1. The molecule has 5 aliphatic heterocycles. The number of aliphatic hydroxyl groups excluding tert-OH is 1. The molecule has 2 aromatic rings. The number of halogens is 1. The summed E-state index contributed by atoms with van der Waals surface area (Å²) in [5.74, 6) is -0.977. The number of hydrogen-bond acceptors (Lipinski definition) is 7. The van der Waals surface area contributed by atoms with Gasteiger partial charge < -0.3 is 34.0 Å². The standard InChI is InChI=1S/C35H46FN5O5Si/c1-23-31(47(3,4)36)29(20-30(43)39-18-8-11-26(39)21-42)46-35(23)27-19-25(12-13-28(27)38(2)33(35)45)40-22-41(24-9-6-5-7-10-24)34(32(40)44)14-16-37-17-15-34/h5-7,9-10,12-13,19,23,26,29,31,37,42H,8,11,14-18,20-22H2,1-4H3/t23-,26+,29+,31-,35+/m1/s1. The van der Waals surface area contributed by atoms with Crippen LogP contribution in [0.25, 0.3) is 0 Å². The second-order valence-electron chi connectivity index (χ2n) is 14.5. The summed E-state index contributed by atoms with van der Waals surface area (Å²) in [6.07, 6.45) is 2.05. The average Bonchev–Trinajstić information content (AvgIpc) is 3.78. The molecular formula is C35H46FN5O5Si. The first kappa shape index (κ1) is 32.2. The van der Waals surface area contributed by atoms with Crippen LogP contribution in [0.15, 0.2) is 48.5 Å². The number of carbonyl (C=O) groups is 3. The summed E-state index contributed by atoms with van der Waals surface area (Å²) in [6, 6.07) is 15.4. The van der Waals surface area contributed by atoms with Gasteiger partial charge in [-0.1, -0.05) is 25.1 Å². The predicted octanol–water partition coefficient (Wildman–Crippen LogP) is 3.74. The average molecular weight is 664 g/mol. The van der Waals surface area contributed by atoms with E-state index in [1.54, 1.807) is 29.9 Å². The summed E-state index contributed by atoms with van der Waals surface area (Å²) < 4.78 is 23.1. The van der Waals surface area contributed by atoms with E-state index in [-0.39, 0.29) is 36.8 Å². The van der Waals surface area contributed by atoms with Gasteiger partial charge in [-0.3, -0.25) is 19.3 Å². The second-order valence-corrected chi connectivity index (χ2v) is 18.3. The Morgan fingerprint density at radius 2 is 1.81 bits per heavy atom. The lowest BCUT2D eigenvalue weighted by atomic mass is 9.82. The predicted molar refractivity (Wildman–Crippen MR) is 180 cm³/mol. The topological polar surface area (TPSA) is 106 Å². The summed E-state index contributed by atoms with van der Waals surface area (Å²) in [7, 11) is -1.76. The largest absolute Gasteiger partial charge is 0.394 e. The number of nitrogens with one attached hydrogen (secondary N) is 1. The minimum atomic E-state index is -3.46. The Morgan fingerprint density at radius 3 is 2.49 bits per heavy atom. The van der Waals surface area contributed by atoms with Crippen molar-refractivity contribution in [3.63, 3.8) is 0 Å². The number of anilines is 3. The Labute approximate surface area is 277 Å². The van der Waals surface area contributed by atoms with E-state index >= 15 is 4.11 Å². The fourth-order valence-corrected chi connectivity index (χ4v) is 11.8. The van der Waals surface area contributed by atoms with Crippen molar-refractivity contribution in [3.05, 3.63) is 54.1 Å². The Hall–Kier alpha value is -3.32.